The van der Waals surface area contributed by atoms with E-state index in [-0.39, 0.29) is 12.5 Å². The molecule has 0 N–H and O–H groups in total. The maximum atomic E-state index is 11.2. The summed E-state index contributed by atoms with van der Waals surface area (Å²) in [6, 6.07) is 0. The number of rotatable bonds is 2. The molecule has 0 amide bonds. The highest BCUT2D eigenvalue weighted by Crippen LogP contribution is 2.24. The Bertz CT molecular complexity index is 277. The second kappa shape index (κ2) is 3.60. The summed E-state index contributed by atoms with van der Waals surface area (Å²) in [4.78, 5) is 22.1. The lowest BCUT2D eigenvalue weighted by Gasteiger charge is -2.00. The van der Waals surface area contributed by atoms with Crippen molar-refractivity contribution in [3.05, 3.63) is 11.1 Å². The van der Waals surface area contributed by atoms with Crippen molar-refractivity contribution in [3.63, 3.8) is 0 Å². The Balaban J connectivity index is 2.78. The van der Waals surface area contributed by atoms with Crippen LogP contribution in [0.5, 0.6) is 0 Å². The van der Waals surface area contributed by atoms with Crippen molar-refractivity contribution in [2.45, 2.75) is 26.4 Å². The van der Waals surface area contributed by atoms with Gasteiger partial charge in [0.1, 0.15) is 6.10 Å². The second-order valence-corrected chi connectivity index (χ2v) is 2.96. The minimum Gasteiger partial charge on any atom is -0.469 e. The molecule has 1 aliphatic heterocycles. The highest BCUT2D eigenvalue weighted by Gasteiger charge is 2.29. The van der Waals surface area contributed by atoms with Crippen molar-refractivity contribution in [1.29, 1.82) is 0 Å². The van der Waals surface area contributed by atoms with Crippen LogP contribution >= 0.6 is 0 Å². The van der Waals surface area contributed by atoms with E-state index in [1.54, 1.807) is 13.8 Å². The predicted molar refractivity (Wildman–Crippen MR) is 44.9 cm³/mol. The van der Waals surface area contributed by atoms with Crippen molar-refractivity contribution in [2.24, 2.45) is 0 Å². The maximum absolute atomic E-state index is 11.2. The van der Waals surface area contributed by atoms with Gasteiger partial charge in [-0.2, -0.15) is 0 Å². The molecule has 0 aliphatic carbocycles. The molecule has 0 aromatic heterocycles. The molecule has 0 saturated heterocycles. The zero-order chi connectivity index (χ0) is 10.0. The topological polar surface area (TPSA) is 52.6 Å². The van der Waals surface area contributed by atoms with E-state index in [1.165, 1.54) is 7.11 Å². The van der Waals surface area contributed by atoms with Crippen LogP contribution in [0.15, 0.2) is 11.1 Å². The normalized spacial score (nSPS) is 21.8. The van der Waals surface area contributed by atoms with Gasteiger partial charge in [-0.15, -0.1) is 0 Å². The zero-order valence-electron chi connectivity index (χ0n) is 7.92. The quantitative estimate of drug-likeness (QED) is 0.596. The average molecular weight is 184 g/mol. The number of hydrogen-bond donors (Lipinski definition) is 0. The molecule has 0 saturated carbocycles. The summed E-state index contributed by atoms with van der Waals surface area (Å²) in [6.45, 7) is 3.56. The van der Waals surface area contributed by atoms with E-state index in [4.69, 9.17) is 4.74 Å². The fraction of sp³-hybridized carbons (Fsp3) is 0.556. The molecule has 72 valence electrons. The molecule has 0 radical (unpaired) electrons. The van der Waals surface area contributed by atoms with Gasteiger partial charge >= 0.3 is 11.9 Å². The van der Waals surface area contributed by atoms with E-state index in [1.807, 2.05) is 0 Å². The molecule has 0 spiro atoms. The van der Waals surface area contributed by atoms with Gasteiger partial charge < -0.3 is 9.47 Å². The van der Waals surface area contributed by atoms with Crippen LogP contribution in [0.1, 0.15) is 20.3 Å². The zero-order valence-corrected chi connectivity index (χ0v) is 7.92. The van der Waals surface area contributed by atoms with Crippen LogP contribution in [0.25, 0.3) is 0 Å². The van der Waals surface area contributed by atoms with Crippen molar-refractivity contribution in [3.8, 4) is 0 Å². The molecule has 4 heteroatoms. The lowest BCUT2D eigenvalue weighted by molar-refractivity contribution is -0.144. The van der Waals surface area contributed by atoms with Crippen molar-refractivity contribution in [1.82, 2.24) is 0 Å². The van der Waals surface area contributed by atoms with Crippen molar-refractivity contribution < 1.29 is 19.1 Å². The van der Waals surface area contributed by atoms with E-state index in [0.717, 1.165) is 5.57 Å². The summed E-state index contributed by atoms with van der Waals surface area (Å²) in [5.74, 6) is -0.823. The first-order chi connectivity index (χ1) is 6.06. The molecule has 1 aliphatic rings. The number of esters is 2. The molecule has 1 heterocycles. The monoisotopic (exact) mass is 184 g/mol. The third-order valence-electron chi connectivity index (χ3n) is 2.16. The Morgan fingerprint density at radius 1 is 1.62 bits per heavy atom. The van der Waals surface area contributed by atoms with Crippen LogP contribution in [0.3, 0.4) is 0 Å². The van der Waals surface area contributed by atoms with Gasteiger partial charge in [-0.1, -0.05) is 0 Å². The van der Waals surface area contributed by atoms with E-state index in [0.29, 0.717) is 5.57 Å². The lowest BCUT2D eigenvalue weighted by Crippen LogP contribution is -2.08. The third kappa shape index (κ3) is 1.88. The SMILES string of the molecule is COC(=O)CC1=C(C)C(C)OC1=O. The number of carbonyl (C=O) groups excluding carboxylic acids is 2. The number of hydrogen-bond acceptors (Lipinski definition) is 4. The van der Waals surface area contributed by atoms with E-state index in [9.17, 15) is 9.59 Å². The Hall–Kier alpha value is -1.32. The lowest BCUT2D eigenvalue weighted by atomic mass is 10.1. The van der Waals surface area contributed by atoms with Crippen LogP contribution in [0, 0.1) is 0 Å². The van der Waals surface area contributed by atoms with Crippen molar-refractivity contribution in [2.75, 3.05) is 7.11 Å². The first-order valence-corrected chi connectivity index (χ1v) is 4.03. The summed E-state index contributed by atoms with van der Waals surface area (Å²) in [5, 5.41) is 0. The first-order valence-electron chi connectivity index (χ1n) is 4.03. The van der Waals surface area contributed by atoms with Crippen LogP contribution in [-0.4, -0.2) is 25.2 Å². The van der Waals surface area contributed by atoms with Gasteiger partial charge in [-0.05, 0) is 19.4 Å². The van der Waals surface area contributed by atoms with Gasteiger partial charge in [0.25, 0.3) is 0 Å². The molecular weight excluding hydrogens is 172 g/mol. The van der Waals surface area contributed by atoms with Gasteiger partial charge in [0, 0.05) is 0 Å². The number of carbonyl (C=O) groups is 2. The van der Waals surface area contributed by atoms with Crippen LogP contribution in [0.4, 0.5) is 0 Å². The van der Waals surface area contributed by atoms with Gasteiger partial charge in [0.15, 0.2) is 0 Å². The fourth-order valence-corrected chi connectivity index (χ4v) is 1.15. The minimum atomic E-state index is -0.416. The molecule has 13 heavy (non-hydrogen) atoms. The van der Waals surface area contributed by atoms with E-state index < -0.39 is 11.9 Å². The standard InChI is InChI=1S/C9H12O4/c1-5-6(2)13-9(11)7(5)4-8(10)12-3/h6H,4H2,1-3H3. The van der Waals surface area contributed by atoms with Crippen LogP contribution in [0.2, 0.25) is 0 Å². The van der Waals surface area contributed by atoms with Gasteiger partial charge in [-0.3, -0.25) is 4.79 Å². The molecule has 0 aromatic rings. The molecule has 0 aromatic carbocycles. The second-order valence-electron chi connectivity index (χ2n) is 2.96. The predicted octanol–water partition coefficient (Wildman–Crippen LogP) is 0.811. The summed E-state index contributed by atoms with van der Waals surface area (Å²) in [7, 11) is 1.29. The molecule has 0 fully saturated rings. The maximum Gasteiger partial charge on any atom is 0.335 e. The molecule has 1 unspecified atom stereocenters. The Morgan fingerprint density at radius 3 is 2.62 bits per heavy atom. The third-order valence-corrected chi connectivity index (χ3v) is 2.16. The molecule has 1 atom stereocenters. The first kappa shape index (κ1) is 9.77. The minimum absolute atomic E-state index is 0.00546. The van der Waals surface area contributed by atoms with Gasteiger partial charge in [0.05, 0.1) is 19.1 Å². The highest BCUT2D eigenvalue weighted by molar-refractivity contribution is 5.96. The number of methoxy groups -OCH3 is 1. The van der Waals surface area contributed by atoms with Crippen LogP contribution in [-0.2, 0) is 19.1 Å². The van der Waals surface area contributed by atoms with Gasteiger partial charge in [0.2, 0.25) is 0 Å². The van der Waals surface area contributed by atoms with E-state index in [2.05, 4.69) is 4.74 Å². The Morgan fingerprint density at radius 2 is 2.23 bits per heavy atom. The molecule has 1 rings (SSSR count). The van der Waals surface area contributed by atoms with Crippen molar-refractivity contribution >= 4 is 11.9 Å². The molecular formula is C9H12O4. The van der Waals surface area contributed by atoms with E-state index >= 15 is 0 Å². The largest absolute Gasteiger partial charge is 0.469 e. The average Bonchev–Trinajstić information content (AvgIpc) is 2.32. The van der Waals surface area contributed by atoms with Gasteiger partial charge in [-0.25, -0.2) is 4.79 Å². The Labute approximate surface area is 76.5 Å². The molecule has 4 nitrogen and oxygen atoms in total. The molecule has 0 bridgehead atoms. The smallest absolute Gasteiger partial charge is 0.335 e. The summed E-state index contributed by atoms with van der Waals surface area (Å²) in [5.41, 5.74) is 1.25. The summed E-state index contributed by atoms with van der Waals surface area (Å²) in [6.07, 6.45) is -0.210. The Kier molecular flexibility index (Phi) is 2.70. The number of cyclic esters (lactones) is 1. The number of ether oxygens (including phenoxy) is 2. The highest BCUT2D eigenvalue weighted by atomic mass is 16.5. The summed E-state index contributed by atoms with van der Waals surface area (Å²) < 4.78 is 9.37. The summed E-state index contributed by atoms with van der Waals surface area (Å²) >= 11 is 0. The van der Waals surface area contributed by atoms with Crippen LogP contribution < -0.4 is 0 Å². The fourth-order valence-electron chi connectivity index (χ4n) is 1.15.